The standard InChI is InChI=1S/C17H32N2O2.ClH/c1-17(7-8-18-13-17)14-19-9-5-15(6-10-19)21-12-16-4-2-3-11-20-16;/h15-16,18H,2-14H2,1H3;1H. The predicted octanol–water partition coefficient (Wildman–Crippen LogP) is 2.46. The molecule has 2 unspecified atom stereocenters. The second-order valence-corrected chi connectivity index (χ2v) is 7.53. The lowest BCUT2D eigenvalue weighted by molar-refractivity contribution is -0.0762. The molecule has 2 atom stereocenters. The molecular formula is C17H33ClN2O2. The number of halogens is 1. The fraction of sp³-hybridized carbons (Fsp3) is 1.00. The Hall–Kier alpha value is 0.130. The van der Waals surface area contributed by atoms with Gasteiger partial charge in [-0.2, -0.15) is 0 Å². The van der Waals surface area contributed by atoms with Crippen LogP contribution in [0, 0.1) is 5.41 Å². The van der Waals surface area contributed by atoms with Crippen LogP contribution in [0.2, 0.25) is 0 Å². The summed E-state index contributed by atoms with van der Waals surface area (Å²) < 4.78 is 11.9. The molecule has 0 amide bonds. The lowest BCUT2D eigenvalue weighted by Crippen LogP contribution is -2.44. The third-order valence-electron chi connectivity index (χ3n) is 5.39. The smallest absolute Gasteiger partial charge is 0.0808 e. The van der Waals surface area contributed by atoms with Crippen LogP contribution in [0.25, 0.3) is 0 Å². The van der Waals surface area contributed by atoms with Crippen LogP contribution >= 0.6 is 12.4 Å². The molecule has 3 aliphatic rings. The van der Waals surface area contributed by atoms with E-state index in [2.05, 4.69) is 17.1 Å². The molecule has 3 fully saturated rings. The highest BCUT2D eigenvalue weighted by Gasteiger charge is 2.32. The van der Waals surface area contributed by atoms with E-state index in [0.717, 1.165) is 13.2 Å². The van der Waals surface area contributed by atoms with Gasteiger partial charge in [-0.05, 0) is 50.5 Å². The molecule has 3 saturated heterocycles. The summed E-state index contributed by atoms with van der Waals surface area (Å²) in [5, 5.41) is 3.50. The quantitative estimate of drug-likeness (QED) is 0.838. The first-order valence-electron chi connectivity index (χ1n) is 8.90. The van der Waals surface area contributed by atoms with Gasteiger partial charge in [-0.25, -0.2) is 0 Å². The molecule has 0 bridgehead atoms. The molecule has 3 rings (SSSR count). The normalized spacial score (nSPS) is 34.5. The van der Waals surface area contributed by atoms with Gasteiger partial charge in [0.15, 0.2) is 0 Å². The van der Waals surface area contributed by atoms with Crippen LogP contribution in [-0.4, -0.2) is 63.0 Å². The van der Waals surface area contributed by atoms with Crippen LogP contribution in [0.1, 0.15) is 45.4 Å². The van der Waals surface area contributed by atoms with Gasteiger partial charge in [-0.15, -0.1) is 12.4 Å². The van der Waals surface area contributed by atoms with Gasteiger partial charge in [-0.1, -0.05) is 6.92 Å². The molecule has 0 aromatic rings. The van der Waals surface area contributed by atoms with E-state index in [4.69, 9.17) is 9.47 Å². The van der Waals surface area contributed by atoms with Crippen molar-refractivity contribution in [2.24, 2.45) is 5.41 Å². The van der Waals surface area contributed by atoms with Crippen molar-refractivity contribution in [3.8, 4) is 0 Å². The number of rotatable bonds is 5. The van der Waals surface area contributed by atoms with Gasteiger partial charge in [0.05, 0.1) is 18.8 Å². The van der Waals surface area contributed by atoms with Crippen molar-refractivity contribution >= 4 is 12.4 Å². The molecule has 22 heavy (non-hydrogen) atoms. The number of hydrogen-bond acceptors (Lipinski definition) is 4. The average molecular weight is 333 g/mol. The SMILES string of the molecule is CC1(CN2CCC(OCC3CCCCO3)CC2)CCNC1.Cl. The lowest BCUT2D eigenvalue weighted by atomic mass is 9.88. The molecule has 1 N–H and O–H groups in total. The molecule has 3 heterocycles. The van der Waals surface area contributed by atoms with Crippen molar-refractivity contribution in [3.63, 3.8) is 0 Å². The Morgan fingerprint density at radius 1 is 1.23 bits per heavy atom. The Labute approximate surface area is 141 Å². The summed E-state index contributed by atoms with van der Waals surface area (Å²) in [6, 6.07) is 0. The summed E-state index contributed by atoms with van der Waals surface area (Å²) in [6.07, 6.45) is 8.24. The first-order chi connectivity index (χ1) is 10.2. The molecule has 0 saturated carbocycles. The minimum atomic E-state index is 0. The average Bonchev–Trinajstić information content (AvgIpc) is 2.94. The highest BCUT2D eigenvalue weighted by molar-refractivity contribution is 5.85. The zero-order valence-electron chi connectivity index (χ0n) is 14.0. The maximum Gasteiger partial charge on any atom is 0.0808 e. The van der Waals surface area contributed by atoms with Gasteiger partial charge < -0.3 is 19.7 Å². The maximum absolute atomic E-state index is 6.10. The fourth-order valence-electron chi connectivity index (χ4n) is 3.96. The minimum absolute atomic E-state index is 0. The monoisotopic (exact) mass is 332 g/mol. The molecule has 0 aromatic heterocycles. The van der Waals surface area contributed by atoms with Crippen molar-refractivity contribution in [1.82, 2.24) is 10.2 Å². The summed E-state index contributed by atoms with van der Waals surface area (Å²) in [4.78, 5) is 2.64. The first kappa shape index (κ1) is 18.5. The van der Waals surface area contributed by atoms with E-state index in [1.807, 2.05) is 0 Å². The molecule has 0 radical (unpaired) electrons. The highest BCUT2D eigenvalue weighted by atomic mass is 35.5. The second-order valence-electron chi connectivity index (χ2n) is 7.53. The summed E-state index contributed by atoms with van der Waals surface area (Å²) in [5.41, 5.74) is 0.490. The first-order valence-corrected chi connectivity index (χ1v) is 8.90. The van der Waals surface area contributed by atoms with Crippen molar-refractivity contribution in [3.05, 3.63) is 0 Å². The van der Waals surface area contributed by atoms with E-state index in [1.165, 1.54) is 71.2 Å². The fourth-order valence-corrected chi connectivity index (χ4v) is 3.96. The van der Waals surface area contributed by atoms with Crippen molar-refractivity contribution in [2.45, 2.75) is 57.7 Å². The molecule has 0 aliphatic carbocycles. The Bertz CT molecular complexity index is 310. The zero-order valence-corrected chi connectivity index (χ0v) is 14.8. The summed E-state index contributed by atoms with van der Waals surface area (Å²) in [5.74, 6) is 0. The molecule has 130 valence electrons. The van der Waals surface area contributed by atoms with Gasteiger partial charge in [0.25, 0.3) is 0 Å². The molecule has 5 heteroatoms. The number of nitrogens with zero attached hydrogens (tertiary/aromatic N) is 1. The maximum atomic E-state index is 6.10. The number of ether oxygens (including phenoxy) is 2. The zero-order chi connectivity index (χ0) is 14.5. The van der Waals surface area contributed by atoms with Gasteiger partial charge >= 0.3 is 0 Å². The van der Waals surface area contributed by atoms with Gasteiger partial charge in [-0.3, -0.25) is 0 Å². The van der Waals surface area contributed by atoms with Gasteiger partial charge in [0, 0.05) is 32.8 Å². The summed E-state index contributed by atoms with van der Waals surface area (Å²) >= 11 is 0. The van der Waals surface area contributed by atoms with Crippen molar-refractivity contribution < 1.29 is 9.47 Å². The molecule has 4 nitrogen and oxygen atoms in total. The summed E-state index contributed by atoms with van der Waals surface area (Å²) in [6.45, 7) is 10.2. The third kappa shape index (κ3) is 5.34. The van der Waals surface area contributed by atoms with E-state index < -0.39 is 0 Å². The van der Waals surface area contributed by atoms with Crippen LogP contribution in [0.15, 0.2) is 0 Å². The second kappa shape index (κ2) is 8.84. The number of piperidine rings is 1. The number of nitrogens with one attached hydrogen (secondary N) is 1. The molecular weight excluding hydrogens is 300 g/mol. The van der Waals surface area contributed by atoms with Crippen molar-refractivity contribution in [1.29, 1.82) is 0 Å². The summed E-state index contributed by atoms with van der Waals surface area (Å²) in [7, 11) is 0. The van der Waals surface area contributed by atoms with Crippen LogP contribution in [0.4, 0.5) is 0 Å². The largest absolute Gasteiger partial charge is 0.376 e. The topological polar surface area (TPSA) is 33.7 Å². The van der Waals surface area contributed by atoms with E-state index in [1.54, 1.807) is 0 Å². The molecule has 0 spiro atoms. The van der Waals surface area contributed by atoms with Crippen LogP contribution in [0.3, 0.4) is 0 Å². The number of hydrogen-bond donors (Lipinski definition) is 1. The van der Waals surface area contributed by atoms with Crippen LogP contribution in [0.5, 0.6) is 0 Å². The van der Waals surface area contributed by atoms with E-state index in [0.29, 0.717) is 17.6 Å². The minimum Gasteiger partial charge on any atom is -0.376 e. The van der Waals surface area contributed by atoms with Gasteiger partial charge in [0.2, 0.25) is 0 Å². The third-order valence-corrected chi connectivity index (χ3v) is 5.39. The molecule has 0 aromatic carbocycles. The van der Waals surface area contributed by atoms with E-state index in [-0.39, 0.29) is 12.4 Å². The Kier molecular flexibility index (Phi) is 7.42. The lowest BCUT2D eigenvalue weighted by Gasteiger charge is -2.37. The Morgan fingerprint density at radius 2 is 2.05 bits per heavy atom. The van der Waals surface area contributed by atoms with Crippen molar-refractivity contribution in [2.75, 3.05) is 45.9 Å². The van der Waals surface area contributed by atoms with E-state index >= 15 is 0 Å². The highest BCUT2D eigenvalue weighted by Crippen LogP contribution is 2.27. The van der Waals surface area contributed by atoms with Gasteiger partial charge in [0.1, 0.15) is 0 Å². The van der Waals surface area contributed by atoms with E-state index in [9.17, 15) is 0 Å². The number of likely N-dealkylation sites (tertiary alicyclic amines) is 1. The Morgan fingerprint density at radius 3 is 2.68 bits per heavy atom. The Balaban J connectivity index is 0.00000176. The van der Waals surface area contributed by atoms with Crippen LogP contribution < -0.4 is 5.32 Å². The van der Waals surface area contributed by atoms with Crippen LogP contribution in [-0.2, 0) is 9.47 Å². The predicted molar refractivity (Wildman–Crippen MR) is 91.8 cm³/mol. The molecule has 3 aliphatic heterocycles.